The lowest BCUT2D eigenvalue weighted by Crippen LogP contribution is -2.74. The molecular weight excluding hydrogens is 382 g/mol. The molecule has 0 spiro atoms. The maximum atomic E-state index is 12.5. The Morgan fingerprint density at radius 2 is 2.03 bits per heavy atom. The lowest BCUT2D eigenvalue weighted by molar-refractivity contribution is -0.158. The average Bonchev–Trinajstić information content (AvgIpc) is 3.14. The summed E-state index contributed by atoms with van der Waals surface area (Å²) in [5.74, 6) is 0.452. The van der Waals surface area contributed by atoms with Gasteiger partial charge in [0.15, 0.2) is 11.5 Å². The SMILES string of the molecule is COc1cccc(C(n2cc(NC(=O)c3nccnc3N)cn2)C23CC(N)(C2)C3)c1. The van der Waals surface area contributed by atoms with Crippen molar-refractivity contribution in [3.05, 3.63) is 60.3 Å². The molecule has 6 rings (SSSR count). The van der Waals surface area contributed by atoms with Crippen LogP contribution in [0.2, 0.25) is 0 Å². The topological polar surface area (TPSA) is 134 Å². The zero-order chi connectivity index (χ0) is 20.9. The van der Waals surface area contributed by atoms with Crippen LogP contribution in [0.5, 0.6) is 5.75 Å². The molecule has 2 aromatic heterocycles. The fourth-order valence-corrected chi connectivity index (χ4v) is 5.09. The minimum absolute atomic E-state index is 0.00487. The largest absolute Gasteiger partial charge is 0.497 e. The Hall–Kier alpha value is -3.46. The number of nitrogen functional groups attached to an aromatic ring is 1. The van der Waals surface area contributed by atoms with Crippen molar-refractivity contribution in [3.8, 4) is 5.75 Å². The standard InChI is InChI=1S/C21H23N7O2/c1-30-15-4-2-3-13(7-15)17(20-10-21(23,11-20)12-20)28-9-14(8-26-28)27-19(29)16-18(22)25-6-5-24-16/h2-9,17H,10-12,23H2,1H3,(H2,22,25)(H,27,29). The van der Waals surface area contributed by atoms with Gasteiger partial charge in [-0.1, -0.05) is 12.1 Å². The minimum atomic E-state index is -0.426. The number of carbonyl (C=O) groups excluding carboxylic acids is 1. The number of hydrogen-bond donors (Lipinski definition) is 3. The van der Waals surface area contributed by atoms with Gasteiger partial charge in [0, 0.05) is 29.5 Å². The normalized spacial score (nSPS) is 25.0. The number of methoxy groups -OCH3 is 1. The molecular formula is C21H23N7O2. The smallest absolute Gasteiger partial charge is 0.278 e. The molecule has 3 aliphatic carbocycles. The summed E-state index contributed by atoms with van der Waals surface area (Å²) in [5.41, 5.74) is 13.9. The molecule has 9 nitrogen and oxygen atoms in total. The van der Waals surface area contributed by atoms with Gasteiger partial charge in [-0.2, -0.15) is 5.10 Å². The van der Waals surface area contributed by atoms with Crippen LogP contribution in [-0.2, 0) is 0 Å². The van der Waals surface area contributed by atoms with E-state index in [1.165, 1.54) is 12.4 Å². The Morgan fingerprint density at radius 3 is 2.73 bits per heavy atom. The Balaban J connectivity index is 1.44. The van der Waals surface area contributed by atoms with Crippen molar-refractivity contribution in [1.29, 1.82) is 0 Å². The minimum Gasteiger partial charge on any atom is -0.497 e. The van der Waals surface area contributed by atoms with Gasteiger partial charge in [-0.25, -0.2) is 9.97 Å². The second-order valence-corrected chi connectivity index (χ2v) is 8.39. The average molecular weight is 405 g/mol. The van der Waals surface area contributed by atoms with Crippen LogP contribution < -0.4 is 21.5 Å². The summed E-state index contributed by atoms with van der Waals surface area (Å²) in [6.45, 7) is 0. The van der Waals surface area contributed by atoms with Gasteiger partial charge in [0.2, 0.25) is 0 Å². The second kappa shape index (κ2) is 6.53. The molecule has 5 N–H and O–H groups in total. The van der Waals surface area contributed by atoms with Gasteiger partial charge < -0.3 is 21.5 Å². The number of hydrogen-bond acceptors (Lipinski definition) is 7. The monoisotopic (exact) mass is 405 g/mol. The highest BCUT2D eigenvalue weighted by Gasteiger charge is 2.69. The maximum Gasteiger partial charge on any atom is 0.278 e. The van der Waals surface area contributed by atoms with Crippen molar-refractivity contribution in [2.75, 3.05) is 18.2 Å². The van der Waals surface area contributed by atoms with Crippen LogP contribution in [0.1, 0.15) is 41.4 Å². The van der Waals surface area contributed by atoms with Gasteiger partial charge in [-0.15, -0.1) is 0 Å². The fraction of sp³-hybridized carbons (Fsp3) is 0.333. The van der Waals surface area contributed by atoms with Crippen molar-refractivity contribution in [2.45, 2.75) is 30.8 Å². The molecule has 1 unspecified atom stereocenters. The molecule has 2 heterocycles. The van der Waals surface area contributed by atoms with Gasteiger partial charge >= 0.3 is 0 Å². The molecule has 1 amide bonds. The van der Waals surface area contributed by atoms with E-state index >= 15 is 0 Å². The summed E-state index contributed by atoms with van der Waals surface area (Å²) in [5, 5.41) is 7.37. The highest BCUT2D eigenvalue weighted by atomic mass is 16.5. The number of nitrogens with zero attached hydrogens (tertiary/aromatic N) is 4. The van der Waals surface area contributed by atoms with E-state index in [0.717, 1.165) is 30.6 Å². The van der Waals surface area contributed by atoms with Crippen molar-refractivity contribution >= 4 is 17.4 Å². The van der Waals surface area contributed by atoms with Crippen LogP contribution in [0.3, 0.4) is 0 Å². The quantitative estimate of drug-likeness (QED) is 0.571. The lowest BCUT2D eigenvalue weighted by Gasteiger charge is -2.71. The van der Waals surface area contributed by atoms with Crippen LogP contribution >= 0.6 is 0 Å². The Labute approximate surface area is 173 Å². The Kier molecular flexibility index (Phi) is 4.04. The van der Waals surface area contributed by atoms with Crippen LogP contribution in [0.4, 0.5) is 11.5 Å². The number of ether oxygens (including phenoxy) is 1. The van der Waals surface area contributed by atoms with Crippen molar-refractivity contribution < 1.29 is 9.53 Å². The zero-order valence-electron chi connectivity index (χ0n) is 16.6. The van der Waals surface area contributed by atoms with E-state index in [1.807, 2.05) is 29.1 Å². The molecule has 30 heavy (non-hydrogen) atoms. The Bertz CT molecular complexity index is 1110. The van der Waals surface area contributed by atoms with E-state index in [1.54, 1.807) is 13.3 Å². The van der Waals surface area contributed by atoms with Gasteiger partial charge in [-0.3, -0.25) is 9.48 Å². The van der Waals surface area contributed by atoms with Crippen LogP contribution in [-0.4, -0.2) is 38.3 Å². The third-order valence-electron chi connectivity index (χ3n) is 6.17. The Morgan fingerprint density at radius 1 is 1.27 bits per heavy atom. The van der Waals surface area contributed by atoms with Crippen molar-refractivity contribution in [3.63, 3.8) is 0 Å². The summed E-state index contributed by atoms with van der Waals surface area (Å²) in [6, 6.07) is 8.03. The van der Waals surface area contributed by atoms with Crippen molar-refractivity contribution in [2.24, 2.45) is 11.1 Å². The molecule has 9 heteroatoms. The molecule has 2 bridgehead atoms. The molecule has 3 aliphatic rings. The summed E-state index contributed by atoms with van der Waals surface area (Å²) >= 11 is 0. The molecule has 1 aromatic carbocycles. The third kappa shape index (κ3) is 2.89. The highest BCUT2D eigenvalue weighted by molar-refractivity contribution is 6.05. The predicted molar refractivity (Wildman–Crippen MR) is 111 cm³/mol. The van der Waals surface area contributed by atoms with E-state index in [4.69, 9.17) is 16.2 Å². The van der Waals surface area contributed by atoms with Crippen LogP contribution in [0.15, 0.2) is 49.1 Å². The summed E-state index contributed by atoms with van der Waals surface area (Å²) in [6.07, 6.45) is 9.20. The number of carbonyl (C=O) groups is 1. The molecule has 0 saturated heterocycles. The number of benzene rings is 1. The van der Waals surface area contributed by atoms with E-state index in [0.29, 0.717) is 5.69 Å². The number of amides is 1. The van der Waals surface area contributed by atoms with E-state index in [9.17, 15) is 4.79 Å². The first kappa shape index (κ1) is 18.6. The van der Waals surface area contributed by atoms with E-state index in [2.05, 4.69) is 26.4 Å². The second-order valence-electron chi connectivity index (χ2n) is 8.39. The number of nitrogens with two attached hydrogens (primary N) is 2. The van der Waals surface area contributed by atoms with Gasteiger partial charge in [0.1, 0.15) is 5.75 Å². The van der Waals surface area contributed by atoms with E-state index in [-0.39, 0.29) is 28.5 Å². The molecule has 3 saturated carbocycles. The lowest BCUT2D eigenvalue weighted by atomic mass is 9.37. The number of rotatable bonds is 6. The molecule has 0 radical (unpaired) electrons. The number of nitrogens with one attached hydrogen (secondary N) is 1. The first-order valence-corrected chi connectivity index (χ1v) is 9.76. The van der Waals surface area contributed by atoms with E-state index < -0.39 is 5.91 Å². The third-order valence-corrected chi connectivity index (χ3v) is 6.17. The molecule has 3 aromatic rings. The van der Waals surface area contributed by atoms with Gasteiger partial charge in [-0.05, 0) is 37.0 Å². The first-order chi connectivity index (χ1) is 14.4. The van der Waals surface area contributed by atoms with Crippen LogP contribution in [0, 0.1) is 5.41 Å². The molecule has 154 valence electrons. The highest BCUT2D eigenvalue weighted by Crippen LogP contribution is 2.71. The molecule has 3 fully saturated rings. The molecule has 0 aliphatic heterocycles. The zero-order valence-corrected chi connectivity index (χ0v) is 16.6. The number of anilines is 2. The van der Waals surface area contributed by atoms with Gasteiger partial charge in [0.25, 0.3) is 5.91 Å². The predicted octanol–water partition coefficient (Wildman–Crippen LogP) is 1.99. The van der Waals surface area contributed by atoms with Gasteiger partial charge in [0.05, 0.1) is 25.0 Å². The molecule has 1 atom stereocenters. The van der Waals surface area contributed by atoms with Crippen molar-refractivity contribution in [1.82, 2.24) is 19.7 Å². The summed E-state index contributed by atoms with van der Waals surface area (Å²) in [7, 11) is 1.66. The first-order valence-electron chi connectivity index (χ1n) is 9.76. The van der Waals surface area contributed by atoms with Crippen LogP contribution in [0.25, 0.3) is 0 Å². The summed E-state index contributed by atoms with van der Waals surface area (Å²) < 4.78 is 7.33. The number of aromatic nitrogens is 4. The summed E-state index contributed by atoms with van der Waals surface area (Å²) in [4.78, 5) is 20.4. The fourth-order valence-electron chi connectivity index (χ4n) is 5.09. The maximum absolute atomic E-state index is 12.5.